The van der Waals surface area contributed by atoms with Gasteiger partial charge in [0.15, 0.2) is 6.23 Å². The number of ether oxygens (including phenoxy) is 1. The highest BCUT2D eigenvalue weighted by Gasteiger charge is 2.41. The summed E-state index contributed by atoms with van der Waals surface area (Å²) in [6, 6.07) is 0. The molecule has 7 heteroatoms. The van der Waals surface area contributed by atoms with E-state index in [2.05, 4.69) is 10.0 Å². The third kappa shape index (κ3) is 1.90. The summed E-state index contributed by atoms with van der Waals surface area (Å²) in [7, 11) is 0. The smallest absolute Gasteiger partial charge is 0.165 e. The van der Waals surface area contributed by atoms with Crippen LogP contribution in [0.5, 0.6) is 0 Å². The van der Waals surface area contributed by atoms with Gasteiger partial charge in [0.2, 0.25) is 0 Å². The van der Waals surface area contributed by atoms with Crippen molar-refractivity contribution in [3.05, 3.63) is 10.4 Å². The molecule has 0 spiro atoms. The van der Waals surface area contributed by atoms with Crippen molar-refractivity contribution >= 4 is 0 Å². The molecule has 0 aromatic heterocycles. The topological polar surface area (TPSA) is 119 Å². The number of rotatable bonds is 1. The van der Waals surface area contributed by atoms with Gasteiger partial charge in [0.05, 0.1) is 6.10 Å². The first-order valence-electron chi connectivity index (χ1n) is 3.81. The summed E-state index contributed by atoms with van der Waals surface area (Å²) >= 11 is 0. The zero-order chi connectivity index (χ0) is 10.0. The van der Waals surface area contributed by atoms with E-state index < -0.39 is 30.6 Å². The van der Waals surface area contributed by atoms with Crippen molar-refractivity contribution < 1.29 is 20.1 Å². The van der Waals surface area contributed by atoms with Crippen LogP contribution in [0, 0.1) is 0 Å². The van der Waals surface area contributed by atoms with Crippen LogP contribution in [0.1, 0.15) is 6.92 Å². The summed E-state index contributed by atoms with van der Waals surface area (Å²) in [5.41, 5.74) is 8.10. The van der Waals surface area contributed by atoms with Gasteiger partial charge in [0.25, 0.3) is 0 Å². The molecule has 74 valence electrons. The molecule has 0 bridgehead atoms. The fourth-order valence-electron chi connectivity index (χ4n) is 1.18. The Morgan fingerprint density at radius 2 is 1.85 bits per heavy atom. The Morgan fingerprint density at radius 1 is 1.23 bits per heavy atom. The molecule has 0 saturated carbocycles. The van der Waals surface area contributed by atoms with Crippen LogP contribution in [0.2, 0.25) is 0 Å². The van der Waals surface area contributed by atoms with Crippen molar-refractivity contribution in [3.63, 3.8) is 0 Å². The van der Waals surface area contributed by atoms with Crippen molar-refractivity contribution in [1.82, 2.24) is 0 Å². The van der Waals surface area contributed by atoms with Gasteiger partial charge in [-0.2, -0.15) is 0 Å². The summed E-state index contributed by atoms with van der Waals surface area (Å²) in [5, 5.41) is 30.9. The minimum atomic E-state index is -1.39. The number of nitrogens with zero attached hydrogens (tertiary/aromatic N) is 3. The lowest BCUT2D eigenvalue weighted by molar-refractivity contribution is -0.214. The van der Waals surface area contributed by atoms with Crippen molar-refractivity contribution in [3.8, 4) is 0 Å². The molecule has 1 aliphatic heterocycles. The van der Waals surface area contributed by atoms with Gasteiger partial charge in [-0.3, -0.25) is 0 Å². The lowest BCUT2D eigenvalue weighted by atomic mass is 9.99. The molecule has 5 atom stereocenters. The van der Waals surface area contributed by atoms with E-state index >= 15 is 0 Å². The van der Waals surface area contributed by atoms with Gasteiger partial charge in [-0.05, 0) is 12.5 Å². The van der Waals surface area contributed by atoms with Gasteiger partial charge in [0, 0.05) is 4.91 Å². The van der Waals surface area contributed by atoms with Crippen molar-refractivity contribution in [2.75, 3.05) is 0 Å². The van der Waals surface area contributed by atoms with Crippen LogP contribution in [0.4, 0.5) is 0 Å². The SMILES string of the molecule is CC1OC(N=[N+]=[N-])C(O)C(O)[C@@H]1O. The Hall–Kier alpha value is -0.850. The van der Waals surface area contributed by atoms with Crippen molar-refractivity contribution in [2.45, 2.75) is 37.6 Å². The average molecular weight is 189 g/mol. The molecule has 7 nitrogen and oxygen atoms in total. The zero-order valence-corrected chi connectivity index (χ0v) is 6.98. The largest absolute Gasteiger partial charge is 0.388 e. The minimum absolute atomic E-state index is 0.672. The molecule has 0 radical (unpaired) electrons. The predicted molar refractivity (Wildman–Crippen MR) is 41.5 cm³/mol. The summed E-state index contributed by atoms with van der Waals surface area (Å²) in [6.45, 7) is 1.51. The van der Waals surface area contributed by atoms with Gasteiger partial charge in [0.1, 0.15) is 18.3 Å². The highest BCUT2D eigenvalue weighted by atomic mass is 16.5. The van der Waals surface area contributed by atoms with Crippen LogP contribution >= 0.6 is 0 Å². The maximum atomic E-state index is 9.26. The summed E-state index contributed by atoms with van der Waals surface area (Å²) in [5.74, 6) is 0. The fourth-order valence-corrected chi connectivity index (χ4v) is 1.18. The molecule has 0 aromatic rings. The second-order valence-electron chi connectivity index (χ2n) is 2.91. The van der Waals surface area contributed by atoms with Gasteiger partial charge in [-0.1, -0.05) is 5.11 Å². The third-order valence-corrected chi connectivity index (χ3v) is 1.99. The molecule has 1 aliphatic rings. The first-order chi connectivity index (χ1) is 6.07. The monoisotopic (exact) mass is 189 g/mol. The highest BCUT2D eigenvalue weighted by molar-refractivity contribution is 4.89. The van der Waals surface area contributed by atoms with Gasteiger partial charge in [-0.15, -0.1) is 0 Å². The molecule has 1 rings (SSSR count). The molecule has 1 heterocycles. The lowest BCUT2D eigenvalue weighted by Gasteiger charge is -2.37. The Labute approximate surface area is 74.2 Å². The van der Waals surface area contributed by atoms with E-state index in [0.717, 1.165) is 0 Å². The average Bonchev–Trinajstić information content (AvgIpc) is 2.11. The Balaban J connectivity index is 2.75. The molecule has 0 amide bonds. The molecule has 13 heavy (non-hydrogen) atoms. The zero-order valence-electron chi connectivity index (χ0n) is 6.98. The van der Waals surface area contributed by atoms with E-state index in [-0.39, 0.29) is 0 Å². The molecule has 0 aliphatic carbocycles. The Bertz CT molecular complexity index is 230. The molecule has 1 saturated heterocycles. The summed E-state index contributed by atoms with van der Waals surface area (Å²) in [4.78, 5) is 2.45. The second kappa shape index (κ2) is 3.91. The standard InChI is InChI=1S/C6H11N3O4/c1-2-3(10)4(11)5(12)6(13-2)8-9-7/h2-6,10-12H,1H3/t2?,3-,4?,5?,6?/m1/s1. The fraction of sp³-hybridized carbons (Fsp3) is 1.00. The molecule has 0 aromatic carbocycles. The molecule has 4 unspecified atom stereocenters. The number of azide groups is 1. The van der Waals surface area contributed by atoms with Crippen molar-refractivity contribution in [2.24, 2.45) is 5.11 Å². The first kappa shape index (κ1) is 10.2. The van der Waals surface area contributed by atoms with Crippen LogP contribution in [0.3, 0.4) is 0 Å². The van der Waals surface area contributed by atoms with E-state index in [1.165, 1.54) is 6.92 Å². The third-order valence-electron chi connectivity index (χ3n) is 1.99. The van der Waals surface area contributed by atoms with Crippen LogP contribution in [-0.2, 0) is 4.74 Å². The maximum absolute atomic E-state index is 9.26. The lowest BCUT2D eigenvalue weighted by Crippen LogP contribution is -2.55. The normalized spacial score (nSPS) is 45.4. The highest BCUT2D eigenvalue weighted by Crippen LogP contribution is 2.21. The van der Waals surface area contributed by atoms with E-state index in [0.29, 0.717) is 0 Å². The van der Waals surface area contributed by atoms with Crippen LogP contribution < -0.4 is 0 Å². The van der Waals surface area contributed by atoms with E-state index in [9.17, 15) is 15.3 Å². The minimum Gasteiger partial charge on any atom is -0.388 e. The molecule has 3 N–H and O–H groups in total. The van der Waals surface area contributed by atoms with E-state index in [1.807, 2.05) is 0 Å². The van der Waals surface area contributed by atoms with E-state index in [4.69, 9.17) is 10.3 Å². The molecular formula is C6H11N3O4. The maximum Gasteiger partial charge on any atom is 0.165 e. The predicted octanol–water partition coefficient (Wildman–Crippen LogP) is -0.876. The van der Waals surface area contributed by atoms with Gasteiger partial charge >= 0.3 is 0 Å². The van der Waals surface area contributed by atoms with E-state index in [1.54, 1.807) is 0 Å². The van der Waals surface area contributed by atoms with Crippen LogP contribution in [-0.4, -0.2) is 46.0 Å². The second-order valence-corrected chi connectivity index (χ2v) is 2.91. The first-order valence-corrected chi connectivity index (χ1v) is 3.81. The van der Waals surface area contributed by atoms with Crippen molar-refractivity contribution in [1.29, 1.82) is 0 Å². The quantitative estimate of drug-likeness (QED) is 0.282. The number of aliphatic hydroxyl groups excluding tert-OH is 3. The molecule has 1 fully saturated rings. The Morgan fingerprint density at radius 3 is 2.38 bits per heavy atom. The molecular weight excluding hydrogens is 178 g/mol. The van der Waals surface area contributed by atoms with Gasteiger partial charge in [-0.25, -0.2) is 0 Å². The van der Waals surface area contributed by atoms with Gasteiger partial charge < -0.3 is 20.1 Å². The number of aliphatic hydroxyl groups is 3. The number of hydrogen-bond donors (Lipinski definition) is 3. The Kier molecular flexibility index (Phi) is 3.07. The summed E-state index contributed by atoms with van der Waals surface area (Å²) in [6.07, 6.45) is -5.71. The van der Waals surface area contributed by atoms with Crippen LogP contribution in [0.25, 0.3) is 10.4 Å². The number of hydrogen-bond acceptors (Lipinski definition) is 5. The van der Waals surface area contributed by atoms with Crippen LogP contribution in [0.15, 0.2) is 5.11 Å². The summed E-state index contributed by atoms with van der Waals surface area (Å²) < 4.78 is 4.94.